The summed E-state index contributed by atoms with van der Waals surface area (Å²) in [5.74, 6) is -0.185. The van der Waals surface area contributed by atoms with E-state index in [9.17, 15) is 5.26 Å². The third-order valence-electron chi connectivity index (χ3n) is 3.33. The lowest BCUT2D eigenvalue weighted by Gasteiger charge is -2.16. The Labute approximate surface area is 125 Å². The minimum Gasteiger partial charge on any atom is -0.378 e. The molecule has 0 bridgehead atoms. The zero-order valence-electron chi connectivity index (χ0n) is 11.7. The Balaban J connectivity index is 2.27. The zero-order valence-corrected chi connectivity index (χ0v) is 12.4. The highest BCUT2D eigenvalue weighted by atomic mass is 35.5. The minimum absolute atomic E-state index is 0.185. The van der Waals surface area contributed by atoms with Gasteiger partial charge in [0.15, 0.2) is 0 Å². The van der Waals surface area contributed by atoms with E-state index in [1.807, 2.05) is 61.5 Å². The lowest BCUT2D eigenvalue weighted by atomic mass is 9.93. The summed E-state index contributed by atoms with van der Waals surface area (Å²) in [6.45, 7) is 0. The standard InChI is InChI=1S/C17H17ClN2/c1-20(2)16-8-5-7-13(11-16)15(12-19)10-14-6-3-4-9-17(14)18/h3-9,11,15H,10H2,1-2H3. The van der Waals surface area contributed by atoms with Crippen LogP contribution in [0.1, 0.15) is 17.0 Å². The van der Waals surface area contributed by atoms with Gasteiger partial charge < -0.3 is 4.90 Å². The highest BCUT2D eigenvalue weighted by Gasteiger charge is 2.14. The van der Waals surface area contributed by atoms with Gasteiger partial charge in [0.25, 0.3) is 0 Å². The summed E-state index contributed by atoms with van der Waals surface area (Å²) in [4.78, 5) is 2.04. The summed E-state index contributed by atoms with van der Waals surface area (Å²) in [5.41, 5.74) is 3.14. The van der Waals surface area contributed by atoms with Crippen LogP contribution in [0.3, 0.4) is 0 Å². The number of benzene rings is 2. The molecule has 0 radical (unpaired) electrons. The first-order valence-electron chi connectivity index (χ1n) is 6.52. The number of hydrogen-bond acceptors (Lipinski definition) is 2. The molecule has 2 aromatic rings. The van der Waals surface area contributed by atoms with Gasteiger partial charge in [-0.15, -0.1) is 0 Å². The average molecular weight is 285 g/mol. The zero-order chi connectivity index (χ0) is 14.5. The number of rotatable bonds is 4. The van der Waals surface area contributed by atoms with Crippen molar-refractivity contribution in [2.24, 2.45) is 0 Å². The van der Waals surface area contributed by atoms with Gasteiger partial charge in [0.2, 0.25) is 0 Å². The van der Waals surface area contributed by atoms with E-state index < -0.39 is 0 Å². The van der Waals surface area contributed by atoms with Crippen molar-refractivity contribution in [1.82, 2.24) is 0 Å². The lowest BCUT2D eigenvalue weighted by Crippen LogP contribution is -2.09. The van der Waals surface area contributed by atoms with E-state index >= 15 is 0 Å². The van der Waals surface area contributed by atoms with Crippen LogP contribution in [0.15, 0.2) is 48.5 Å². The Hall–Kier alpha value is -1.98. The first kappa shape index (κ1) is 14.4. The van der Waals surface area contributed by atoms with E-state index in [2.05, 4.69) is 12.1 Å². The number of anilines is 1. The molecule has 0 fully saturated rings. The highest BCUT2D eigenvalue weighted by molar-refractivity contribution is 6.31. The molecule has 3 heteroatoms. The maximum absolute atomic E-state index is 9.45. The van der Waals surface area contributed by atoms with Crippen molar-refractivity contribution < 1.29 is 0 Å². The van der Waals surface area contributed by atoms with Gasteiger partial charge in [-0.1, -0.05) is 41.9 Å². The van der Waals surface area contributed by atoms with Gasteiger partial charge >= 0.3 is 0 Å². The topological polar surface area (TPSA) is 27.0 Å². The molecule has 0 amide bonds. The van der Waals surface area contributed by atoms with Gasteiger partial charge in [-0.3, -0.25) is 0 Å². The molecule has 2 rings (SSSR count). The number of halogens is 1. The second-order valence-electron chi connectivity index (χ2n) is 4.97. The maximum atomic E-state index is 9.45. The minimum atomic E-state index is -0.185. The van der Waals surface area contributed by atoms with E-state index in [1.54, 1.807) is 0 Å². The Bertz CT molecular complexity index is 629. The summed E-state index contributed by atoms with van der Waals surface area (Å²) in [6, 6.07) is 18.2. The predicted molar refractivity (Wildman–Crippen MR) is 84.3 cm³/mol. The van der Waals surface area contributed by atoms with Crippen LogP contribution >= 0.6 is 11.6 Å². The summed E-state index contributed by atoms with van der Waals surface area (Å²) >= 11 is 6.18. The molecule has 0 heterocycles. The van der Waals surface area contributed by atoms with Crippen LogP contribution in [-0.4, -0.2) is 14.1 Å². The number of nitriles is 1. The summed E-state index contributed by atoms with van der Waals surface area (Å²) in [7, 11) is 3.99. The third kappa shape index (κ3) is 3.31. The van der Waals surface area contributed by atoms with Crippen molar-refractivity contribution >= 4 is 17.3 Å². The van der Waals surface area contributed by atoms with Crippen LogP contribution in [0.4, 0.5) is 5.69 Å². The lowest BCUT2D eigenvalue weighted by molar-refractivity contribution is 0.848. The molecule has 102 valence electrons. The second kappa shape index (κ2) is 6.45. The van der Waals surface area contributed by atoms with Crippen LogP contribution in [0, 0.1) is 11.3 Å². The summed E-state index contributed by atoms with van der Waals surface area (Å²) in [5, 5.41) is 10.2. The number of hydrogen-bond donors (Lipinski definition) is 0. The largest absolute Gasteiger partial charge is 0.378 e. The Morgan fingerprint density at radius 3 is 2.55 bits per heavy atom. The fourth-order valence-corrected chi connectivity index (χ4v) is 2.35. The van der Waals surface area contributed by atoms with Crippen LogP contribution in [0.5, 0.6) is 0 Å². The summed E-state index contributed by atoms with van der Waals surface area (Å²) < 4.78 is 0. The SMILES string of the molecule is CN(C)c1cccc(C(C#N)Cc2ccccc2Cl)c1. The van der Waals surface area contributed by atoms with Crippen LogP contribution in [0.25, 0.3) is 0 Å². The maximum Gasteiger partial charge on any atom is 0.0754 e. The van der Waals surface area contributed by atoms with Gasteiger partial charge in [0, 0.05) is 24.8 Å². The normalized spacial score (nSPS) is 11.7. The van der Waals surface area contributed by atoms with E-state index in [0.29, 0.717) is 6.42 Å². The van der Waals surface area contributed by atoms with Crippen LogP contribution in [0.2, 0.25) is 5.02 Å². The molecule has 0 N–H and O–H groups in total. The third-order valence-corrected chi connectivity index (χ3v) is 3.70. The molecular formula is C17H17ClN2. The summed E-state index contributed by atoms with van der Waals surface area (Å²) in [6.07, 6.45) is 0.632. The molecule has 2 aromatic carbocycles. The van der Waals surface area contributed by atoms with Gasteiger partial charge in [0.05, 0.1) is 12.0 Å². The molecule has 0 spiro atoms. The van der Waals surface area contributed by atoms with Crippen LogP contribution in [-0.2, 0) is 6.42 Å². The smallest absolute Gasteiger partial charge is 0.0754 e. The highest BCUT2D eigenvalue weighted by Crippen LogP contribution is 2.26. The molecule has 1 unspecified atom stereocenters. The van der Waals surface area contributed by atoms with Gasteiger partial charge in [-0.05, 0) is 35.7 Å². The Morgan fingerprint density at radius 1 is 1.15 bits per heavy atom. The fraction of sp³-hybridized carbons (Fsp3) is 0.235. The molecule has 0 aliphatic heterocycles. The van der Waals surface area contributed by atoms with Gasteiger partial charge in [0.1, 0.15) is 0 Å². The van der Waals surface area contributed by atoms with Crippen molar-refractivity contribution in [3.63, 3.8) is 0 Å². The average Bonchev–Trinajstić information content (AvgIpc) is 2.46. The van der Waals surface area contributed by atoms with E-state index in [0.717, 1.165) is 21.8 Å². The Morgan fingerprint density at radius 2 is 1.90 bits per heavy atom. The van der Waals surface area contributed by atoms with Crippen molar-refractivity contribution in [3.05, 3.63) is 64.7 Å². The first-order valence-corrected chi connectivity index (χ1v) is 6.90. The van der Waals surface area contributed by atoms with Gasteiger partial charge in [-0.2, -0.15) is 5.26 Å². The van der Waals surface area contributed by atoms with Crippen LogP contribution < -0.4 is 4.90 Å². The fourth-order valence-electron chi connectivity index (χ4n) is 2.14. The molecule has 0 saturated carbocycles. The molecular weight excluding hydrogens is 268 g/mol. The molecule has 2 nitrogen and oxygen atoms in total. The van der Waals surface area contributed by atoms with Crippen molar-refractivity contribution in [1.29, 1.82) is 5.26 Å². The quantitative estimate of drug-likeness (QED) is 0.839. The second-order valence-corrected chi connectivity index (χ2v) is 5.37. The molecule has 0 aliphatic carbocycles. The monoisotopic (exact) mass is 284 g/mol. The Kier molecular flexibility index (Phi) is 4.65. The van der Waals surface area contributed by atoms with Crippen molar-refractivity contribution in [2.45, 2.75) is 12.3 Å². The van der Waals surface area contributed by atoms with E-state index in [-0.39, 0.29) is 5.92 Å². The molecule has 0 saturated heterocycles. The van der Waals surface area contributed by atoms with Crippen molar-refractivity contribution in [2.75, 3.05) is 19.0 Å². The predicted octanol–water partition coefficient (Wildman–Crippen LogP) is 4.26. The van der Waals surface area contributed by atoms with Gasteiger partial charge in [-0.25, -0.2) is 0 Å². The molecule has 0 aliphatic rings. The molecule has 0 aromatic heterocycles. The molecule has 1 atom stereocenters. The number of nitrogens with zero attached hydrogens (tertiary/aromatic N) is 2. The van der Waals surface area contributed by atoms with E-state index in [1.165, 1.54) is 0 Å². The van der Waals surface area contributed by atoms with Crippen molar-refractivity contribution in [3.8, 4) is 6.07 Å². The van der Waals surface area contributed by atoms with E-state index in [4.69, 9.17) is 11.6 Å². The first-order chi connectivity index (χ1) is 9.61. The molecule has 20 heavy (non-hydrogen) atoms.